The first-order valence-corrected chi connectivity index (χ1v) is 6.58. The summed E-state index contributed by atoms with van der Waals surface area (Å²) in [5.74, 6) is 0.614. The summed E-state index contributed by atoms with van der Waals surface area (Å²) < 4.78 is 4.89. The van der Waals surface area contributed by atoms with Crippen LogP contribution in [0.4, 0.5) is 11.5 Å². The number of nitrogens with zero attached hydrogens (tertiary/aromatic N) is 1. The van der Waals surface area contributed by atoms with Crippen molar-refractivity contribution in [1.82, 2.24) is 5.16 Å². The molecule has 0 saturated heterocycles. The molecule has 0 radical (unpaired) electrons. The SMILES string of the molecule is Cc1cc(NC(=O)c2ccc3c(c2)NC(=O)C3(C)C)no1. The maximum Gasteiger partial charge on any atom is 0.256 e. The molecule has 0 aliphatic carbocycles. The molecule has 2 heterocycles. The predicted octanol–water partition coefficient (Wildman–Crippen LogP) is 2.47. The summed E-state index contributed by atoms with van der Waals surface area (Å²) in [6, 6.07) is 6.81. The van der Waals surface area contributed by atoms with Crippen LogP contribution in [-0.4, -0.2) is 17.0 Å². The number of carbonyl (C=O) groups excluding carboxylic acids is 2. The van der Waals surface area contributed by atoms with E-state index in [2.05, 4.69) is 15.8 Å². The number of amides is 2. The van der Waals surface area contributed by atoms with Crippen molar-refractivity contribution < 1.29 is 14.1 Å². The molecule has 2 N–H and O–H groups in total. The standard InChI is InChI=1S/C15H15N3O3/c1-8-6-12(18-21-8)17-13(19)9-4-5-10-11(7-9)16-14(20)15(10,2)3/h4-7H,1-3H3,(H,16,20)(H,17,18,19). The average molecular weight is 285 g/mol. The van der Waals surface area contributed by atoms with Gasteiger partial charge in [-0.05, 0) is 38.5 Å². The van der Waals surface area contributed by atoms with Crippen molar-refractivity contribution in [3.05, 3.63) is 41.2 Å². The van der Waals surface area contributed by atoms with E-state index >= 15 is 0 Å². The van der Waals surface area contributed by atoms with Crippen LogP contribution in [0.25, 0.3) is 0 Å². The molecule has 6 nitrogen and oxygen atoms in total. The van der Waals surface area contributed by atoms with Gasteiger partial charge < -0.3 is 15.2 Å². The van der Waals surface area contributed by atoms with Gasteiger partial charge in [0.05, 0.1) is 5.41 Å². The number of nitrogens with one attached hydrogen (secondary N) is 2. The lowest BCUT2D eigenvalue weighted by Gasteiger charge is -2.14. The largest absolute Gasteiger partial charge is 0.360 e. The topological polar surface area (TPSA) is 84.2 Å². The highest BCUT2D eigenvalue weighted by Gasteiger charge is 2.38. The van der Waals surface area contributed by atoms with Crippen LogP contribution in [-0.2, 0) is 10.2 Å². The van der Waals surface area contributed by atoms with E-state index in [1.54, 1.807) is 31.2 Å². The molecular formula is C15H15N3O3. The molecular weight excluding hydrogens is 270 g/mol. The minimum Gasteiger partial charge on any atom is -0.360 e. The van der Waals surface area contributed by atoms with Crippen molar-refractivity contribution in [2.75, 3.05) is 10.6 Å². The average Bonchev–Trinajstić information content (AvgIpc) is 2.92. The van der Waals surface area contributed by atoms with Gasteiger partial charge in [0.2, 0.25) is 5.91 Å². The molecule has 1 aromatic heterocycles. The number of benzene rings is 1. The molecule has 1 aromatic carbocycles. The third kappa shape index (κ3) is 2.18. The first-order valence-electron chi connectivity index (χ1n) is 6.58. The number of carbonyl (C=O) groups is 2. The molecule has 0 saturated carbocycles. The summed E-state index contributed by atoms with van der Waals surface area (Å²) in [5.41, 5.74) is 1.44. The number of fused-ring (bicyclic) bond motifs is 1. The van der Waals surface area contributed by atoms with Crippen molar-refractivity contribution in [3.63, 3.8) is 0 Å². The van der Waals surface area contributed by atoms with Crippen LogP contribution >= 0.6 is 0 Å². The molecule has 0 atom stereocenters. The molecule has 6 heteroatoms. The molecule has 0 spiro atoms. The Balaban J connectivity index is 1.87. The van der Waals surface area contributed by atoms with Gasteiger partial charge >= 0.3 is 0 Å². The Hall–Kier alpha value is -2.63. The van der Waals surface area contributed by atoms with Gasteiger partial charge in [-0.25, -0.2) is 0 Å². The zero-order valence-electron chi connectivity index (χ0n) is 12.0. The predicted molar refractivity (Wildman–Crippen MR) is 77.3 cm³/mol. The molecule has 3 rings (SSSR count). The van der Waals surface area contributed by atoms with Crippen LogP contribution in [0.2, 0.25) is 0 Å². The molecule has 1 aliphatic rings. The van der Waals surface area contributed by atoms with Crippen LogP contribution in [0.5, 0.6) is 0 Å². The summed E-state index contributed by atoms with van der Waals surface area (Å²) in [7, 11) is 0. The second-order valence-electron chi connectivity index (χ2n) is 5.62. The smallest absolute Gasteiger partial charge is 0.256 e. The maximum absolute atomic E-state index is 12.2. The summed E-state index contributed by atoms with van der Waals surface area (Å²) in [6.07, 6.45) is 0. The van der Waals surface area contributed by atoms with E-state index in [4.69, 9.17) is 4.52 Å². The normalized spacial score (nSPS) is 15.5. The van der Waals surface area contributed by atoms with E-state index in [1.807, 2.05) is 13.8 Å². The van der Waals surface area contributed by atoms with Gasteiger partial charge in [-0.1, -0.05) is 11.2 Å². The number of anilines is 2. The van der Waals surface area contributed by atoms with Gasteiger partial charge in [0, 0.05) is 17.3 Å². The molecule has 2 amide bonds. The van der Waals surface area contributed by atoms with E-state index in [0.29, 0.717) is 22.8 Å². The summed E-state index contributed by atoms with van der Waals surface area (Å²) in [5, 5.41) is 9.16. The molecule has 1 aliphatic heterocycles. The molecule has 0 fully saturated rings. The van der Waals surface area contributed by atoms with E-state index in [9.17, 15) is 9.59 Å². The van der Waals surface area contributed by atoms with Gasteiger partial charge in [-0.2, -0.15) is 0 Å². The lowest BCUT2D eigenvalue weighted by molar-refractivity contribution is -0.119. The lowest BCUT2D eigenvalue weighted by Crippen LogP contribution is -2.26. The molecule has 0 unspecified atom stereocenters. The lowest BCUT2D eigenvalue weighted by atomic mass is 9.86. The van der Waals surface area contributed by atoms with Gasteiger partial charge in [0.15, 0.2) is 5.82 Å². The van der Waals surface area contributed by atoms with Crippen LogP contribution in [0.15, 0.2) is 28.8 Å². The second-order valence-corrected chi connectivity index (χ2v) is 5.62. The summed E-state index contributed by atoms with van der Waals surface area (Å²) in [4.78, 5) is 24.1. The minimum absolute atomic E-state index is 0.0674. The van der Waals surface area contributed by atoms with Crippen molar-refractivity contribution in [1.29, 1.82) is 0 Å². The number of hydrogen-bond donors (Lipinski definition) is 2. The first-order chi connectivity index (χ1) is 9.88. The van der Waals surface area contributed by atoms with Crippen molar-refractivity contribution >= 4 is 23.3 Å². The van der Waals surface area contributed by atoms with E-state index in [1.165, 1.54) is 0 Å². The van der Waals surface area contributed by atoms with E-state index < -0.39 is 5.41 Å². The molecule has 21 heavy (non-hydrogen) atoms. The minimum atomic E-state index is -0.576. The van der Waals surface area contributed by atoms with Gasteiger partial charge in [0.25, 0.3) is 5.91 Å². The number of rotatable bonds is 2. The highest BCUT2D eigenvalue weighted by atomic mass is 16.5. The number of aryl methyl sites for hydroxylation is 1. The van der Waals surface area contributed by atoms with Crippen LogP contribution in [0.3, 0.4) is 0 Å². The Morgan fingerprint density at radius 2 is 2.10 bits per heavy atom. The number of hydrogen-bond acceptors (Lipinski definition) is 4. The highest BCUT2D eigenvalue weighted by molar-refractivity contribution is 6.09. The van der Waals surface area contributed by atoms with Crippen LogP contribution < -0.4 is 10.6 Å². The van der Waals surface area contributed by atoms with Gasteiger partial charge in [0.1, 0.15) is 5.76 Å². The van der Waals surface area contributed by atoms with Crippen LogP contribution in [0, 0.1) is 6.92 Å². The monoisotopic (exact) mass is 285 g/mol. The highest BCUT2D eigenvalue weighted by Crippen LogP contribution is 2.37. The third-order valence-corrected chi connectivity index (χ3v) is 3.64. The Labute approximate surface area is 121 Å². The summed E-state index contributed by atoms with van der Waals surface area (Å²) >= 11 is 0. The Kier molecular flexibility index (Phi) is 2.83. The van der Waals surface area contributed by atoms with Crippen LogP contribution in [0.1, 0.15) is 35.5 Å². The van der Waals surface area contributed by atoms with Gasteiger partial charge in [-0.3, -0.25) is 9.59 Å². The number of aromatic nitrogens is 1. The Morgan fingerprint density at radius 1 is 1.33 bits per heavy atom. The van der Waals surface area contributed by atoms with Gasteiger partial charge in [-0.15, -0.1) is 0 Å². The second kappa shape index (κ2) is 4.44. The van der Waals surface area contributed by atoms with Crippen molar-refractivity contribution in [2.45, 2.75) is 26.2 Å². The van der Waals surface area contributed by atoms with Crippen molar-refractivity contribution in [2.24, 2.45) is 0 Å². The van der Waals surface area contributed by atoms with E-state index in [-0.39, 0.29) is 11.8 Å². The Morgan fingerprint density at radius 3 is 2.76 bits per heavy atom. The third-order valence-electron chi connectivity index (χ3n) is 3.64. The Bertz CT molecular complexity index is 746. The summed E-state index contributed by atoms with van der Waals surface area (Å²) in [6.45, 7) is 5.45. The maximum atomic E-state index is 12.2. The molecule has 2 aromatic rings. The zero-order valence-corrected chi connectivity index (χ0v) is 12.0. The fraction of sp³-hybridized carbons (Fsp3) is 0.267. The fourth-order valence-corrected chi connectivity index (χ4v) is 2.35. The first kappa shape index (κ1) is 13.4. The zero-order chi connectivity index (χ0) is 15.2. The van der Waals surface area contributed by atoms with Crippen molar-refractivity contribution in [3.8, 4) is 0 Å². The van der Waals surface area contributed by atoms with E-state index in [0.717, 1.165) is 5.56 Å². The molecule has 108 valence electrons. The molecule has 0 bridgehead atoms. The fourth-order valence-electron chi connectivity index (χ4n) is 2.35. The quantitative estimate of drug-likeness (QED) is 0.887.